The zero-order valence-corrected chi connectivity index (χ0v) is 16.6. The van der Waals surface area contributed by atoms with Crippen molar-refractivity contribution in [3.05, 3.63) is 29.8 Å². The Labute approximate surface area is 154 Å². The summed E-state index contributed by atoms with van der Waals surface area (Å²) in [6, 6.07) is 8.31. The Hall–Kier alpha value is -1.69. The molecule has 0 N–H and O–H groups in total. The van der Waals surface area contributed by atoms with Crippen molar-refractivity contribution in [2.75, 3.05) is 26.4 Å². The van der Waals surface area contributed by atoms with E-state index in [1.165, 1.54) is 15.4 Å². The second-order valence-corrected chi connectivity index (χ2v) is 8.17. The van der Waals surface area contributed by atoms with Crippen LogP contribution in [0.5, 0.6) is 0 Å². The Morgan fingerprint density at radius 2 is 2.00 bits per heavy atom. The lowest BCUT2D eigenvalue weighted by Gasteiger charge is -2.29. The van der Waals surface area contributed by atoms with E-state index in [0.29, 0.717) is 0 Å². The summed E-state index contributed by atoms with van der Waals surface area (Å²) in [6.07, 6.45) is 3.52. The third-order valence-electron chi connectivity index (χ3n) is 4.15. The molecule has 0 saturated carbocycles. The Balaban J connectivity index is 2.06. The molecule has 1 aromatic rings. The van der Waals surface area contributed by atoms with Gasteiger partial charge in [0, 0.05) is 18.5 Å². The van der Waals surface area contributed by atoms with E-state index < -0.39 is 11.7 Å². The minimum Gasteiger partial charge on any atom is -0.444 e. The first kappa shape index (κ1) is 19.6. The van der Waals surface area contributed by atoms with Crippen molar-refractivity contribution in [1.82, 2.24) is 9.80 Å². The first-order chi connectivity index (χ1) is 11.7. The normalized spacial score (nSPS) is 17.5. The van der Waals surface area contributed by atoms with Crippen LogP contribution in [-0.4, -0.2) is 53.8 Å². The first-order valence-corrected chi connectivity index (χ1v) is 9.82. The first-order valence-electron chi connectivity index (χ1n) is 8.59. The molecule has 25 heavy (non-hydrogen) atoms. The van der Waals surface area contributed by atoms with Gasteiger partial charge in [0.15, 0.2) is 0 Å². The highest BCUT2D eigenvalue weighted by Gasteiger charge is 2.32. The number of carbonyl (C=O) groups excluding carboxylic acids is 2. The molecule has 2 rings (SSSR count). The topological polar surface area (TPSA) is 49.9 Å². The molecule has 0 aliphatic carbocycles. The fourth-order valence-corrected chi connectivity index (χ4v) is 3.68. The summed E-state index contributed by atoms with van der Waals surface area (Å²) >= 11 is 1.70. The lowest BCUT2D eigenvalue weighted by molar-refractivity contribution is -0.133. The van der Waals surface area contributed by atoms with E-state index in [0.717, 1.165) is 19.4 Å². The number of nitrogens with zero attached hydrogens (tertiary/aromatic N) is 2. The van der Waals surface area contributed by atoms with Crippen molar-refractivity contribution < 1.29 is 14.3 Å². The van der Waals surface area contributed by atoms with Gasteiger partial charge in [0.25, 0.3) is 0 Å². The van der Waals surface area contributed by atoms with Gasteiger partial charge >= 0.3 is 6.09 Å². The molecule has 0 spiro atoms. The summed E-state index contributed by atoms with van der Waals surface area (Å²) in [7, 11) is 1.60. The van der Waals surface area contributed by atoms with Crippen LogP contribution in [0.25, 0.3) is 0 Å². The zero-order chi connectivity index (χ0) is 18.6. The van der Waals surface area contributed by atoms with Crippen LogP contribution in [0.1, 0.15) is 45.2 Å². The Morgan fingerprint density at radius 3 is 2.64 bits per heavy atom. The maximum Gasteiger partial charge on any atom is 0.410 e. The fourth-order valence-electron chi connectivity index (χ4n) is 3.03. The van der Waals surface area contributed by atoms with Gasteiger partial charge in [-0.05, 0) is 51.5 Å². The molecule has 1 aliphatic heterocycles. The second kappa shape index (κ2) is 8.13. The molecule has 0 bridgehead atoms. The summed E-state index contributed by atoms with van der Waals surface area (Å²) in [5, 5.41) is 0. The highest BCUT2D eigenvalue weighted by atomic mass is 32.2. The SMILES string of the molecule is CSc1ccccc1[C@H]1CCCN1C(=O)CN(C)C(=O)OC(C)(C)C. The molecule has 1 heterocycles. The number of benzene rings is 1. The van der Waals surface area contributed by atoms with E-state index in [9.17, 15) is 9.59 Å². The zero-order valence-electron chi connectivity index (χ0n) is 15.7. The largest absolute Gasteiger partial charge is 0.444 e. The lowest BCUT2D eigenvalue weighted by atomic mass is 10.0. The summed E-state index contributed by atoms with van der Waals surface area (Å²) in [5.74, 6) is -0.0354. The van der Waals surface area contributed by atoms with Gasteiger partial charge < -0.3 is 14.5 Å². The molecular weight excluding hydrogens is 336 g/mol. The molecule has 0 aromatic heterocycles. The average Bonchev–Trinajstić information content (AvgIpc) is 3.02. The maximum atomic E-state index is 12.8. The summed E-state index contributed by atoms with van der Waals surface area (Å²) in [5.41, 5.74) is 0.628. The number of amides is 2. The van der Waals surface area contributed by atoms with Gasteiger partial charge in [-0.3, -0.25) is 4.79 Å². The highest BCUT2D eigenvalue weighted by molar-refractivity contribution is 7.98. The molecule has 0 radical (unpaired) electrons. The van der Waals surface area contributed by atoms with Crippen LogP contribution >= 0.6 is 11.8 Å². The predicted molar refractivity (Wildman–Crippen MR) is 101 cm³/mol. The monoisotopic (exact) mass is 364 g/mol. The number of hydrogen-bond donors (Lipinski definition) is 0. The number of thioether (sulfide) groups is 1. The number of hydrogen-bond acceptors (Lipinski definition) is 4. The van der Waals surface area contributed by atoms with Gasteiger partial charge in [-0.2, -0.15) is 0 Å². The van der Waals surface area contributed by atoms with Crippen LogP contribution in [0.4, 0.5) is 4.79 Å². The molecular formula is C19H28N2O3S. The average molecular weight is 365 g/mol. The van der Waals surface area contributed by atoms with E-state index in [4.69, 9.17) is 4.74 Å². The molecule has 0 unspecified atom stereocenters. The molecule has 2 amide bonds. The number of ether oxygens (including phenoxy) is 1. The summed E-state index contributed by atoms with van der Waals surface area (Å²) in [4.78, 5) is 29.3. The van der Waals surface area contributed by atoms with Crippen LogP contribution in [-0.2, 0) is 9.53 Å². The number of carbonyl (C=O) groups is 2. The van der Waals surface area contributed by atoms with Crippen molar-refractivity contribution in [3.8, 4) is 0 Å². The maximum absolute atomic E-state index is 12.8. The van der Waals surface area contributed by atoms with Crippen LogP contribution in [0.15, 0.2) is 29.2 Å². The highest BCUT2D eigenvalue weighted by Crippen LogP contribution is 2.36. The number of likely N-dealkylation sites (N-methyl/N-ethyl adjacent to an activating group) is 1. The van der Waals surface area contributed by atoms with Crippen LogP contribution in [0, 0.1) is 0 Å². The third-order valence-corrected chi connectivity index (χ3v) is 4.96. The van der Waals surface area contributed by atoms with E-state index >= 15 is 0 Å². The van der Waals surface area contributed by atoms with Crippen molar-refractivity contribution in [1.29, 1.82) is 0 Å². The molecule has 1 fully saturated rings. The van der Waals surface area contributed by atoms with Gasteiger partial charge in [-0.1, -0.05) is 18.2 Å². The van der Waals surface area contributed by atoms with E-state index in [1.807, 2.05) is 37.8 Å². The van der Waals surface area contributed by atoms with E-state index in [2.05, 4.69) is 18.4 Å². The predicted octanol–water partition coefficient (Wildman–Crippen LogP) is 3.94. The van der Waals surface area contributed by atoms with Crippen LogP contribution in [0.2, 0.25) is 0 Å². The minimum atomic E-state index is -0.568. The van der Waals surface area contributed by atoms with Crippen molar-refractivity contribution in [2.24, 2.45) is 0 Å². The van der Waals surface area contributed by atoms with Crippen molar-refractivity contribution in [2.45, 2.75) is 50.2 Å². The molecule has 138 valence electrons. The van der Waals surface area contributed by atoms with Gasteiger partial charge in [0.1, 0.15) is 12.1 Å². The molecule has 5 nitrogen and oxygen atoms in total. The molecule has 1 atom stereocenters. The second-order valence-electron chi connectivity index (χ2n) is 7.32. The third kappa shape index (κ3) is 5.14. The van der Waals surface area contributed by atoms with Gasteiger partial charge in [0.2, 0.25) is 5.91 Å². The lowest BCUT2D eigenvalue weighted by Crippen LogP contribution is -2.42. The summed E-state index contributed by atoms with van der Waals surface area (Å²) in [6.45, 7) is 6.21. The fraction of sp³-hybridized carbons (Fsp3) is 0.579. The van der Waals surface area contributed by atoms with Crippen molar-refractivity contribution >= 4 is 23.8 Å². The minimum absolute atomic E-state index is 0.0346. The Kier molecular flexibility index (Phi) is 6.38. The van der Waals surface area contributed by atoms with Crippen LogP contribution in [0.3, 0.4) is 0 Å². The smallest absolute Gasteiger partial charge is 0.410 e. The van der Waals surface area contributed by atoms with Crippen molar-refractivity contribution in [3.63, 3.8) is 0 Å². The van der Waals surface area contributed by atoms with Gasteiger partial charge in [-0.25, -0.2) is 4.79 Å². The number of rotatable bonds is 4. The van der Waals surface area contributed by atoms with Crippen LogP contribution < -0.4 is 0 Å². The number of likely N-dealkylation sites (tertiary alicyclic amines) is 1. The quantitative estimate of drug-likeness (QED) is 0.760. The standard InChI is InChI=1S/C19H28N2O3S/c1-19(2,3)24-18(23)20(4)13-17(22)21-12-8-10-15(21)14-9-6-7-11-16(14)25-5/h6-7,9,11,15H,8,10,12-13H2,1-5H3/t15-/m1/s1. The Bertz CT molecular complexity index is 627. The molecule has 1 aromatic carbocycles. The van der Waals surface area contributed by atoms with E-state index in [-0.39, 0.29) is 18.5 Å². The molecule has 6 heteroatoms. The van der Waals surface area contributed by atoms with Gasteiger partial charge in [-0.15, -0.1) is 11.8 Å². The Morgan fingerprint density at radius 1 is 1.32 bits per heavy atom. The van der Waals surface area contributed by atoms with E-state index in [1.54, 1.807) is 18.8 Å². The summed E-state index contributed by atoms with van der Waals surface area (Å²) < 4.78 is 5.32. The molecule has 1 aliphatic rings. The molecule has 1 saturated heterocycles. The van der Waals surface area contributed by atoms with Gasteiger partial charge in [0.05, 0.1) is 6.04 Å².